The number of para-hydroxylation sites is 1. The first-order valence-electron chi connectivity index (χ1n) is 17.2. The topological polar surface area (TPSA) is 226 Å². The van der Waals surface area contributed by atoms with Crippen molar-refractivity contribution in [1.82, 2.24) is 20.9 Å². The summed E-state index contributed by atoms with van der Waals surface area (Å²) < 4.78 is 45.0. The number of aromatic nitrogens is 1. The molecule has 55 heavy (non-hydrogen) atoms. The predicted octanol–water partition coefficient (Wildman–Crippen LogP) is 2.67. The number of anilines is 1. The van der Waals surface area contributed by atoms with Gasteiger partial charge in [-0.25, -0.2) is 9.79 Å². The smallest absolute Gasteiger partial charge is 0.416 e. The molecule has 0 saturated carbocycles. The summed E-state index contributed by atoms with van der Waals surface area (Å²) in [5, 5.41) is 21.5. The van der Waals surface area contributed by atoms with Gasteiger partial charge in [-0.1, -0.05) is 30.3 Å². The quantitative estimate of drug-likeness (QED) is 0.0755. The van der Waals surface area contributed by atoms with Crippen molar-refractivity contribution in [3.63, 3.8) is 0 Å². The molecule has 1 heterocycles. The highest BCUT2D eigenvalue weighted by molar-refractivity contribution is 6.00. The number of benzene rings is 2. The molecule has 19 heteroatoms. The van der Waals surface area contributed by atoms with Crippen LogP contribution < -0.4 is 37.8 Å². The average molecular weight is 796 g/mol. The third kappa shape index (κ3) is 16.1. The molecule has 0 aliphatic carbocycles. The van der Waals surface area contributed by atoms with E-state index in [4.69, 9.17) is 16.2 Å². The van der Waals surface area contributed by atoms with Crippen LogP contribution in [0.25, 0.3) is 10.9 Å². The Balaban J connectivity index is 0.0000105. The van der Waals surface area contributed by atoms with Crippen molar-refractivity contribution in [1.29, 1.82) is 0 Å². The summed E-state index contributed by atoms with van der Waals surface area (Å²) >= 11 is 0. The number of nitrogens with one attached hydrogen (secondary N) is 4. The van der Waals surface area contributed by atoms with Gasteiger partial charge in [0.05, 0.1) is 62.2 Å². The fourth-order valence-electron chi connectivity index (χ4n) is 5.40. The van der Waals surface area contributed by atoms with Gasteiger partial charge in [-0.2, -0.15) is 13.2 Å². The number of carbonyl (C=O) groups is 4. The van der Waals surface area contributed by atoms with Crippen molar-refractivity contribution in [2.24, 2.45) is 16.5 Å². The molecule has 15 nitrogen and oxygen atoms in total. The monoisotopic (exact) mass is 795 g/mol. The van der Waals surface area contributed by atoms with Gasteiger partial charge in [-0.3, -0.25) is 19.9 Å². The van der Waals surface area contributed by atoms with E-state index >= 15 is 0 Å². The lowest BCUT2D eigenvalue weighted by molar-refractivity contribution is -0.907. The highest BCUT2D eigenvalue weighted by Crippen LogP contribution is 2.29. The minimum absolute atomic E-state index is 0. The van der Waals surface area contributed by atoms with Crippen molar-refractivity contribution in [3.05, 3.63) is 71.9 Å². The third-order valence-corrected chi connectivity index (χ3v) is 8.18. The van der Waals surface area contributed by atoms with Crippen LogP contribution in [0.1, 0.15) is 44.7 Å². The molecule has 0 radical (unpaired) electrons. The number of quaternary nitrogens is 1. The van der Waals surface area contributed by atoms with E-state index in [0.29, 0.717) is 53.9 Å². The molecule has 302 valence electrons. The SMILES string of the molecule is CC(C)(C)OC(=O)NC(=NCC[N+](C)(CCN)CCC[C@H](N)C(=O)N[C@@H](Cc1ccc(C(F)(F)F)cc1)C(=O)Nc1cnc2ccccc2c1)NC(=O)[O-].Cl. The zero-order chi connectivity index (χ0) is 40.1. The number of likely N-dealkylation sites (N-methyl/N-ethyl adjacent to an activating group) is 1. The van der Waals surface area contributed by atoms with Crippen LogP contribution >= 0.6 is 12.4 Å². The van der Waals surface area contributed by atoms with Crippen LogP contribution in [0.15, 0.2) is 65.8 Å². The molecule has 1 unspecified atom stereocenters. The van der Waals surface area contributed by atoms with E-state index in [2.05, 4.69) is 25.9 Å². The number of alkyl carbamates (subject to hydrolysis) is 1. The number of alkyl halides is 3. The number of hydrogen-bond acceptors (Lipinski definition) is 10. The summed E-state index contributed by atoms with van der Waals surface area (Å²) in [6.45, 7) is 6.66. The summed E-state index contributed by atoms with van der Waals surface area (Å²) in [4.78, 5) is 58.6. The number of carbonyl (C=O) groups excluding carboxylic acids is 4. The number of carboxylic acid groups (broad SMARTS) is 1. The number of halogens is 4. The minimum Gasteiger partial charge on any atom is -0.530 e. The van der Waals surface area contributed by atoms with Gasteiger partial charge in [-0.15, -0.1) is 12.4 Å². The maximum atomic E-state index is 13.5. The lowest BCUT2D eigenvalue weighted by Gasteiger charge is -2.34. The Bertz CT molecular complexity index is 1790. The van der Waals surface area contributed by atoms with E-state index in [1.807, 2.05) is 36.6 Å². The van der Waals surface area contributed by atoms with Gasteiger partial charge in [0.15, 0.2) is 0 Å². The first-order valence-corrected chi connectivity index (χ1v) is 17.2. The van der Waals surface area contributed by atoms with Gasteiger partial charge >= 0.3 is 12.3 Å². The van der Waals surface area contributed by atoms with Crippen molar-refractivity contribution in [2.45, 2.75) is 63.9 Å². The molecule has 0 saturated heterocycles. The van der Waals surface area contributed by atoms with E-state index in [1.54, 1.807) is 26.8 Å². The van der Waals surface area contributed by atoms with Crippen molar-refractivity contribution in [3.8, 4) is 0 Å². The molecule has 0 fully saturated rings. The molecule has 8 N–H and O–H groups in total. The molecule has 1 aromatic heterocycles. The Morgan fingerprint density at radius 1 is 0.982 bits per heavy atom. The molecule has 3 rings (SSSR count). The Labute approximate surface area is 323 Å². The predicted molar refractivity (Wildman–Crippen MR) is 202 cm³/mol. The Morgan fingerprint density at radius 2 is 1.65 bits per heavy atom. The van der Waals surface area contributed by atoms with Crippen LogP contribution in [0.5, 0.6) is 0 Å². The van der Waals surface area contributed by atoms with Gasteiger partial charge in [-0.05, 0) is 63.4 Å². The number of fused-ring (bicyclic) bond motifs is 1. The lowest BCUT2D eigenvalue weighted by Crippen LogP contribution is -2.52. The molecular formula is C36H49ClF3N9O6. The molecule has 3 atom stereocenters. The van der Waals surface area contributed by atoms with Crippen LogP contribution in [0.3, 0.4) is 0 Å². The van der Waals surface area contributed by atoms with Crippen molar-refractivity contribution >= 4 is 59.0 Å². The van der Waals surface area contributed by atoms with Crippen LogP contribution in [-0.2, 0) is 26.9 Å². The number of ether oxygens (including phenoxy) is 1. The second kappa shape index (κ2) is 20.6. The highest BCUT2D eigenvalue weighted by atomic mass is 35.5. The second-order valence-corrected chi connectivity index (χ2v) is 14.0. The summed E-state index contributed by atoms with van der Waals surface area (Å²) in [6.07, 6.45) is -5.15. The lowest BCUT2D eigenvalue weighted by atomic mass is 10.0. The molecule has 3 aromatic rings. The van der Waals surface area contributed by atoms with Crippen LogP contribution in [0.2, 0.25) is 0 Å². The summed E-state index contributed by atoms with van der Waals surface area (Å²) in [5.74, 6) is -1.62. The fourth-order valence-corrected chi connectivity index (χ4v) is 5.40. The molecule has 0 aliphatic rings. The van der Waals surface area contributed by atoms with Crippen molar-refractivity contribution < 1.29 is 46.7 Å². The van der Waals surface area contributed by atoms with Gasteiger partial charge in [0.2, 0.25) is 17.8 Å². The Morgan fingerprint density at radius 3 is 2.27 bits per heavy atom. The minimum atomic E-state index is -4.54. The number of nitrogens with two attached hydrogens (primary N) is 2. The molecule has 4 amide bonds. The molecule has 0 aliphatic heterocycles. The number of hydrogen-bond donors (Lipinski definition) is 6. The molecule has 0 spiro atoms. The first-order chi connectivity index (χ1) is 25.3. The van der Waals surface area contributed by atoms with Gasteiger partial charge < -0.3 is 46.5 Å². The number of pyridine rings is 1. The zero-order valence-corrected chi connectivity index (χ0v) is 31.9. The Hall–Kier alpha value is -5.04. The number of aliphatic imine (C=N–C) groups is 1. The van der Waals surface area contributed by atoms with Gasteiger partial charge in [0.1, 0.15) is 17.7 Å². The van der Waals surface area contributed by atoms with E-state index in [1.165, 1.54) is 18.3 Å². The van der Waals surface area contributed by atoms with E-state index in [0.717, 1.165) is 17.5 Å². The fraction of sp³-hybridized carbons (Fsp3) is 0.444. The number of rotatable bonds is 15. The number of nitrogens with zero attached hydrogens (tertiary/aromatic N) is 3. The van der Waals surface area contributed by atoms with Gasteiger partial charge in [0.25, 0.3) is 0 Å². The number of amides is 4. The van der Waals surface area contributed by atoms with E-state index < -0.39 is 53.4 Å². The maximum Gasteiger partial charge on any atom is 0.416 e. The normalized spacial score (nSPS) is 14.1. The molecule has 2 aromatic carbocycles. The Kier molecular flexibility index (Phi) is 17.3. The maximum absolute atomic E-state index is 13.5. The van der Waals surface area contributed by atoms with Crippen LogP contribution in [0, 0.1) is 0 Å². The standard InChI is InChI=1S/C36H48F3N9O6.ClH/c1-35(2,3)54-34(53)47-32(46-33(51)52)42-16-19-48(4,18-15-40)17-7-9-27(41)30(49)45-29(20-23-11-13-25(14-12-23)36(37,38)39)31(50)44-26-21-24-8-5-6-10-28(24)43-22-26;/h5-6,8,10-14,21-22,27,29H,7,9,15-20,40-41H2,1-4H3,(H4-,42,44,45,46,47,49,50,51,52,53);1H/t27-,29-,48?;/m0./s1. The largest absolute Gasteiger partial charge is 0.530 e. The first kappa shape index (κ1) is 46.1. The third-order valence-electron chi connectivity index (χ3n) is 8.18. The van der Waals surface area contributed by atoms with E-state index in [-0.39, 0.29) is 37.8 Å². The van der Waals surface area contributed by atoms with E-state index in [9.17, 15) is 37.5 Å². The highest BCUT2D eigenvalue weighted by Gasteiger charge is 2.31. The summed E-state index contributed by atoms with van der Waals surface area (Å²) in [6, 6.07) is 11.0. The molecule has 0 bridgehead atoms. The summed E-state index contributed by atoms with van der Waals surface area (Å²) in [5.41, 5.74) is 11.9. The zero-order valence-electron chi connectivity index (χ0n) is 31.1. The number of guanidine groups is 1. The van der Waals surface area contributed by atoms with Crippen molar-refractivity contribution in [2.75, 3.05) is 45.1 Å². The van der Waals surface area contributed by atoms with Crippen LogP contribution in [-0.4, -0.2) is 96.9 Å². The van der Waals surface area contributed by atoms with Gasteiger partial charge in [0, 0.05) is 18.4 Å². The summed E-state index contributed by atoms with van der Waals surface area (Å²) in [7, 11) is 1.90. The van der Waals surface area contributed by atoms with Crippen LogP contribution in [0.4, 0.5) is 28.4 Å². The average Bonchev–Trinajstić information content (AvgIpc) is 3.06. The molecular weight excluding hydrogens is 747 g/mol. The second-order valence-electron chi connectivity index (χ2n) is 14.0.